The molecule has 0 fully saturated rings. The third-order valence-electron chi connectivity index (χ3n) is 6.19. The van der Waals surface area contributed by atoms with Gasteiger partial charge in [-0.3, -0.25) is 0 Å². The summed E-state index contributed by atoms with van der Waals surface area (Å²) < 4.78 is 21.2. The lowest BCUT2D eigenvalue weighted by Gasteiger charge is -2.26. The lowest BCUT2D eigenvalue weighted by molar-refractivity contribution is 0.316. The SMILES string of the molecule is CCCCc1ccc2c(F)c(C3CCc4cc(OCCC)ccc4C3)ccc2c1. The first-order chi connectivity index (χ1) is 14.2. The number of rotatable bonds is 7. The molecule has 1 nitrogen and oxygen atoms in total. The number of benzene rings is 3. The molecule has 3 aromatic rings. The average molecular weight is 391 g/mol. The number of aryl methyl sites for hydroxylation is 2. The van der Waals surface area contributed by atoms with Gasteiger partial charge in [0.15, 0.2) is 0 Å². The molecule has 0 amide bonds. The topological polar surface area (TPSA) is 9.23 Å². The molecule has 0 N–H and O–H groups in total. The average Bonchev–Trinajstić information content (AvgIpc) is 2.76. The van der Waals surface area contributed by atoms with Crippen LogP contribution in [-0.2, 0) is 19.3 Å². The first-order valence-electron chi connectivity index (χ1n) is 11.1. The second-order valence-electron chi connectivity index (χ2n) is 8.35. The molecule has 0 saturated carbocycles. The maximum atomic E-state index is 15.4. The lowest BCUT2D eigenvalue weighted by atomic mass is 9.79. The van der Waals surface area contributed by atoms with Gasteiger partial charge in [0, 0.05) is 5.39 Å². The van der Waals surface area contributed by atoms with Gasteiger partial charge in [-0.15, -0.1) is 0 Å². The monoisotopic (exact) mass is 390 g/mol. The smallest absolute Gasteiger partial charge is 0.134 e. The van der Waals surface area contributed by atoms with Crippen molar-refractivity contribution in [1.29, 1.82) is 0 Å². The van der Waals surface area contributed by atoms with Crippen molar-refractivity contribution in [3.05, 3.63) is 76.6 Å². The summed E-state index contributed by atoms with van der Waals surface area (Å²) in [6.07, 6.45) is 7.32. The fraction of sp³-hybridized carbons (Fsp3) is 0.407. The fourth-order valence-corrected chi connectivity index (χ4v) is 4.52. The normalized spacial score (nSPS) is 16.0. The maximum absolute atomic E-state index is 15.4. The Morgan fingerprint density at radius 2 is 1.86 bits per heavy atom. The van der Waals surface area contributed by atoms with Gasteiger partial charge in [-0.25, -0.2) is 4.39 Å². The summed E-state index contributed by atoms with van der Waals surface area (Å²) in [5.41, 5.74) is 4.87. The van der Waals surface area contributed by atoms with E-state index in [1.54, 1.807) is 0 Å². The zero-order valence-corrected chi connectivity index (χ0v) is 17.6. The predicted octanol–water partition coefficient (Wildman–Crippen LogP) is 7.38. The van der Waals surface area contributed by atoms with Gasteiger partial charge in [0.1, 0.15) is 11.6 Å². The summed E-state index contributed by atoms with van der Waals surface area (Å²) in [7, 11) is 0. The molecule has 29 heavy (non-hydrogen) atoms. The van der Waals surface area contributed by atoms with E-state index in [-0.39, 0.29) is 11.7 Å². The van der Waals surface area contributed by atoms with Crippen LogP contribution in [0.15, 0.2) is 48.5 Å². The number of unbranched alkanes of at least 4 members (excludes halogenated alkanes) is 1. The molecule has 0 aromatic heterocycles. The van der Waals surface area contributed by atoms with Crippen molar-refractivity contribution in [2.45, 2.75) is 64.7 Å². The first-order valence-corrected chi connectivity index (χ1v) is 11.1. The summed E-state index contributed by atoms with van der Waals surface area (Å²) in [6, 6.07) is 16.8. The Morgan fingerprint density at radius 1 is 0.966 bits per heavy atom. The Hall–Kier alpha value is -2.35. The second-order valence-corrected chi connectivity index (χ2v) is 8.35. The number of fused-ring (bicyclic) bond motifs is 2. The van der Waals surface area contributed by atoms with E-state index in [0.29, 0.717) is 0 Å². The Bertz CT molecular complexity index is 991. The molecule has 0 bridgehead atoms. The molecule has 2 heteroatoms. The Balaban J connectivity index is 1.56. The van der Waals surface area contributed by atoms with Crippen molar-refractivity contribution < 1.29 is 9.13 Å². The molecule has 1 aliphatic carbocycles. The van der Waals surface area contributed by atoms with Crippen molar-refractivity contribution in [3.63, 3.8) is 0 Å². The highest BCUT2D eigenvalue weighted by atomic mass is 19.1. The molecule has 1 aliphatic rings. The van der Waals surface area contributed by atoms with E-state index in [0.717, 1.165) is 60.8 Å². The van der Waals surface area contributed by atoms with Crippen LogP contribution in [0.5, 0.6) is 5.75 Å². The van der Waals surface area contributed by atoms with E-state index < -0.39 is 0 Å². The van der Waals surface area contributed by atoms with Gasteiger partial charge in [0.25, 0.3) is 0 Å². The third kappa shape index (κ3) is 4.32. The highest BCUT2D eigenvalue weighted by Gasteiger charge is 2.24. The van der Waals surface area contributed by atoms with Crippen LogP contribution in [-0.4, -0.2) is 6.61 Å². The fourth-order valence-electron chi connectivity index (χ4n) is 4.52. The molecular formula is C27H31FO. The summed E-state index contributed by atoms with van der Waals surface area (Å²) in [5, 5.41) is 1.78. The van der Waals surface area contributed by atoms with Gasteiger partial charge < -0.3 is 4.74 Å². The van der Waals surface area contributed by atoms with E-state index in [1.165, 1.54) is 29.5 Å². The van der Waals surface area contributed by atoms with Gasteiger partial charge in [0.2, 0.25) is 0 Å². The zero-order valence-electron chi connectivity index (χ0n) is 17.6. The van der Waals surface area contributed by atoms with Gasteiger partial charge >= 0.3 is 0 Å². The Kier molecular flexibility index (Phi) is 6.18. The van der Waals surface area contributed by atoms with E-state index >= 15 is 4.39 Å². The van der Waals surface area contributed by atoms with Crippen molar-refractivity contribution in [2.24, 2.45) is 0 Å². The summed E-state index contributed by atoms with van der Waals surface area (Å²) in [4.78, 5) is 0. The van der Waals surface area contributed by atoms with E-state index in [9.17, 15) is 0 Å². The molecule has 4 rings (SSSR count). The quantitative estimate of drug-likeness (QED) is 0.409. The zero-order chi connectivity index (χ0) is 20.2. The third-order valence-corrected chi connectivity index (χ3v) is 6.19. The van der Waals surface area contributed by atoms with Crippen molar-refractivity contribution in [3.8, 4) is 5.75 Å². The summed E-state index contributed by atoms with van der Waals surface area (Å²) >= 11 is 0. The van der Waals surface area contributed by atoms with Crippen LogP contribution in [0.25, 0.3) is 10.8 Å². The van der Waals surface area contributed by atoms with Crippen LogP contribution >= 0.6 is 0 Å². The van der Waals surface area contributed by atoms with E-state index in [4.69, 9.17) is 4.74 Å². The van der Waals surface area contributed by atoms with Crippen LogP contribution in [0, 0.1) is 5.82 Å². The molecule has 0 heterocycles. The van der Waals surface area contributed by atoms with Gasteiger partial charge in [-0.05, 0) is 84.2 Å². The maximum Gasteiger partial charge on any atom is 0.134 e. The Labute approximate surface area is 173 Å². The van der Waals surface area contributed by atoms with Gasteiger partial charge in [-0.2, -0.15) is 0 Å². The van der Waals surface area contributed by atoms with Crippen LogP contribution in [0.2, 0.25) is 0 Å². The van der Waals surface area contributed by atoms with Gasteiger partial charge in [-0.1, -0.05) is 56.7 Å². The van der Waals surface area contributed by atoms with Crippen LogP contribution in [0.3, 0.4) is 0 Å². The number of halogens is 1. The molecule has 0 saturated heterocycles. The highest BCUT2D eigenvalue weighted by Crippen LogP contribution is 2.37. The van der Waals surface area contributed by atoms with E-state index in [2.05, 4.69) is 50.2 Å². The van der Waals surface area contributed by atoms with Crippen molar-refractivity contribution in [1.82, 2.24) is 0 Å². The Morgan fingerprint density at radius 3 is 2.69 bits per heavy atom. The largest absolute Gasteiger partial charge is 0.494 e. The summed E-state index contributed by atoms with van der Waals surface area (Å²) in [6.45, 7) is 5.07. The number of hydrogen-bond donors (Lipinski definition) is 0. The van der Waals surface area contributed by atoms with Crippen LogP contribution in [0.1, 0.15) is 67.7 Å². The predicted molar refractivity (Wildman–Crippen MR) is 120 cm³/mol. The van der Waals surface area contributed by atoms with Crippen molar-refractivity contribution >= 4 is 10.8 Å². The minimum Gasteiger partial charge on any atom is -0.494 e. The molecular weight excluding hydrogens is 359 g/mol. The van der Waals surface area contributed by atoms with Gasteiger partial charge in [0.05, 0.1) is 6.61 Å². The lowest BCUT2D eigenvalue weighted by Crippen LogP contribution is -2.14. The molecule has 152 valence electrons. The highest BCUT2D eigenvalue weighted by molar-refractivity contribution is 5.84. The van der Waals surface area contributed by atoms with E-state index in [1.807, 2.05) is 12.1 Å². The number of ether oxygens (including phenoxy) is 1. The van der Waals surface area contributed by atoms with Crippen LogP contribution < -0.4 is 4.74 Å². The molecule has 0 spiro atoms. The molecule has 0 aliphatic heterocycles. The minimum absolute atomic E-state index is 0.0270. The summed E-state index contributed by atoms with van der Waals surface area (Å²) in [5.74, 6) is 1.18. The second kappa shape index (κ2) is 8.98. The van der Waals surface area contributed by atoms with Crippen molar-refractivity contribution in [2.75, 3.05) is 6.61 Å². The molecule has 0 radical (unpaired) electrons. The molecule has 1 unspecified atom stereocenters. The standard InChI is InChI=1S/C27H31FO/c1-3-5-6-19-7-13-25-22(16-19)11-14-26(27(25)28)23-9-8-21-18-24(29-15-4-2)12-10-20(21)17-23/h7,10-14,16,18,23H,3-6,8-9,15,17H2,1-2H3. The molecule has 3 aromatic carbocycles. The molecule has 1 atom stereocenters. The van der Waals surface area contributed by atoms with Crippen LogP contribution in [0.4, 0.5) is 4.39 Å². The minimum atomic E-state index is -0.0270. The number of hydrogen-bond acceptors (Lipinski definition) is 1. The first kappa shape index (κ1) is 19.9.